The second-order valence-electron chi connectivity index (χ2n) is 4.09. The van der Waals surface area contributed by atoms with E-state index in [-0.39, 0.29) is 6.10 Å². The van der Waals surface area contributed by atoms with Crippen molar-refractivity contribution in [2.75, 3.05) is 13.2 Å². The number of nitrogens with zero attached hydrogens (tertiary/aromatic N) is 2. The van der Waals surface area contributed by atoms with Gasteiger partial charge in [-0.15, -0.1) is 0 Å². The molecule has 1 aromatic rings. The van der Waals surface area contributed by atoms with E-state index in [2.05, 4.69) is 17.3 Å². The second-order valence-corrected chi connectivity index (χ2v) is 4.09. The van der Waals surface area contributed by atoms with E-state index in [1.807, 2.05) is 24.1 Å². The highest BCUT2D eigenvalue weighted by Crippen LogP contribution is 2.27. The molecule has 1 N–H and O–H groups in total. The van der Waals surface area contributed by atoms with Crippen molar-refractivity contribution >= 4 is 0 Å². The van der Waals surface area contributed by atoms with E-state index in [9.17, 15) is 0 Å². The summed E-state index contributed by atoms with van der Waals surface area (Å²) in [5.41, 5.74) is 1.19. The SMILES string of the molecule is CCNC1CCOC(c2cnn(C)c2)C1. The fourth-order valence-electron chi connectivity index (χ4n) is 2.11. The third kappa shape index (κ3) is 2.58. The third-order valence-electron chi connectivity index (χ3n) is 2.87. The van der Waals surface area contributed by atoms with Gasteiger partial charge in [0.25, 0.3) is 0 Å². The van der Waals surface area contributed by atoms with Crippen LogP contribution in [-0.2, 0) is 11.8 Å². The molecule has 0 saturated carbocycles. The average molecular weight is 209 g/mol. The number of ether oxygens (including phenoxy) is 1. The quantitative estimate of drug-likeness (QED) is 0.814. The number of rotatable bonds is 3. The molecule has 15 heavy (non-hydrogen) atoms. The van der Waals surface area contributed by atoms with Gasteiger partial charge in [-0.3, -0.25) is 4.68 Å². The maximum atomic E-state index is 5.76. The Balaban J connectivity index is 1.98. The molecule has 4 nitrogen and oxygen atoms in total. The van der Waals surface area contributed by atoms with Gasteiger partial charge in [-0.25, -0.2) is 0 Å². The highest BCUT2D eigenvalue weighted by Gasteiger charge is 2.23. The first-order valence-corrected chi connectivity index (χ1v) is 5.63. The van der Waals surface area contributed by atoms with Gasteiger partial charge in [-0.1, -0.05) is 6.92 Å². The van der Waals surface area contributed by atoms with Gasteiger partial charge in [0.1, 0.15) is 0 Å². The molecule has 0 amide bonds. The number of hydrogen-bond donors (Lipinski definition) is 1. The van der Waals surface area contributed by atoms with Gasteiger partial charge < -0.3 is 10.1 Å². The Kier molecular flexibility index (Phi) is 3.38. The Bertz CT molecular complexity index is 309. The van der Waals surface area contributed by atoms with Crippen molar-refractivity contribution in [3.63, 3.8) is 0 Å². The molecule has 2 unspecified atom stereocenters. The van der Waals surface area contributed by atoms with Crippen LogP contribution in [0.1, 0.15) is 31.4 Å². The van der Waals surface area contributed by atoms with Gasteiger partial charge in [0, 0.05) is 31.5 Å². The Morgan fingerprint density at radius 3 is 3.20 bits per heavy atom. The molecule has 0 aliphatic carbocycles. The monoisotopic (exact) mass is 209 g/mol. The van der Waals surface area contributed by atoms with Gasteiger partial charge in [-0.2, -0.15) is 5.10 Å². The third-order valence-corrected chi connectivity index (χ3v) is 2.87. The summed E-state index contributed by atoms with van der Waals surface area (Å²) < 4.78 is 7.59. The van der Waals surface area contributed by atoms with Crippen LogP contribution in [0, 0.1) is 0 Å². The molecule has 1 aliphatic heterocycles. The van der Waals surface area contributed by atoms with Crippen molar-refractivity contribution in [3.05, 3.63) is 18.0 Å². The van der Waals surface area contributed by atoms with E-state index < -0.39 is 0 Å². The summed E-state index contributed by atoms with van der Waals surface area (Å²) in [5, 5.41) is 7.66. The summed E-state index contributed by atoms with van der Waals surface area (Å²) in [6.45, 7) is 4.02. The minimum absolute atomic E-state index is 0.219. The van der Waals surface area contributed by atoms with Crippen molar-refractivity contribution in [3.8, 4) is 0 Å². The molecule has 1 fully saturated rings. The van der Waals surface area contributed by atoms with E-state index in [1.54, 1.807) is 0 Å². The molecule has 84 valence electrons. The van der Waals surface area contributed by atoms with E-state index in [4.69, 9.17) is 4.74 Å². The zero-order valence-electron chi connectivity index (χ0n) is 9.44. The van der Waals surface area contributed by atoms with Crippen LogP contribution in [0.2, 0.25) is 0 Å². The summed E-state index contributed by atoms with van der Waals surface area (Å²) in [4.78, 5) is 0. The van der Waals surface area contributed by atoms with E-state index in [0.717, 1.165) is 26.0 Å². The van der Waals surface area contributed by atoms with Gasteiger partial charge in [0.15, 0.2) is 0 Å². The minimum Gasteiger partial charge on any atom is -0.373 e. The summed E-state index contributed by atoms with van der Waals surface area (Å²) in [6.07, 6.45) is 6.33. The minimum atomic E-state index is 0.219. The van der Waals surface area contributed by atoms with Crippen LogP contribution < -0.4 is 5.32 Å². The summed E-state index contributed by atoms with van der Waals surface area (Å²) in [5.74, 6) is 0. The lowest BCUT2D eigenvalue weighted by molar-refractivity contribution is 0.000557. The second kappa shape index (κ2) is 4.77. The van der Waals surface area contributed by atoms with E-state index in [1.165, 1.54) is 5.56 Å². The summed E-state index contributed by atoms with van der Waals surface area (Å²) in [7, 11) is 1.94. The lowest BCUT2D eigenvalue weighted by Gasteiger charge is -2.29. The van der Waals surface area contributed by atoms with Crippen LogP contribution in [0.3, 0.4) is 0 Å². The molecule has 2 heterocycles. The van der Waals surface area contributed by atoms with Gasteiger partial charge in [-0.05, 0) is 19.4 Å². The normalized spacial score (nSPS) is 26.8. The van der Waals surface area contributed by atoms with Gasteiger partial charge >= 0.3 is 0 Å². The highest BCUT2D eigenvalue weighted by atomic mass is 16.5. The topological polar surface area (TPSA) is 39.1 Å². The highest BCUT2D eigenvalue weighted by molar-refractivity contribution is 5.09. The molecule has 0 aromatic carbocycles. The van der Waals surface area contributed by atoms with Crippen LogP contribution in [0.15, 0.2) is 12.4 Å². The van der Waals surface area contributed by atoms with Crippen molar-refractivity contribution in [2.45, 2.75) is 31.9 Å². The molecule has 4 heteroatoms. The van der Waals surface area contributed by atoms with Crippen LogP contribution in [-0.4, -0.2) is 29.0 Å². The fraction of sp³-hybridized carbons (Fsp3) is 0.727. The fourth-order valence-corrected chi connectivity index (χ4v) is 2.11. The number of aryl methyl sites for hydroxylation is 1. The number of hydrogen-bond acceptors (Lipinski definition) is 3. The maximum Gasteiger partial charge on any atom is 0.0870 e. The summed E-state index contributed by atoms with van der Waals surface area (Å²) in [6, 6.07) is 0.592. The Labute approximate surface area is 90.6 Å². The largest absolute Gasteiger partial charge is 0.373 e. The Hall–Kier alpha value is -0.870. The zero-order chi connectivity index (χ0) is 10.7. The molecular formula is C11H19N3O. The molecule has 0 spiro atoms. The molecule has 1 aliphatic rings. The first-order valence-electron chi connectivity index (χ1n) is 5.63. The number of nitrogens with one attached hydrogen (secondary N) is 1. The molecule has 2 atom stereocenters. The average Bonchev–Trinajstić information content (AvgIpc) is 2.66. The first-order chi connectivity index (χ1) is 7.29. The molecule has 0 radical (unpaired) electrons. The van der Waals surface area contributed by atoms with E-state index >= 15 is 0 Å². The maximum absolute atomic E-state index is 5.76. The van der Waals surface area contributed by atoms with Crippen molar-refractivity contribution < 1.29 is 4.74 Å². The Morgan fingerprint density at radius 2 is 2.53 bits per heavy atom. The standard InChI is InChI=1S/C11H19N3O/c1-3-12-10-4-5-15-11(6-10)9-7-13-14(2)8-9/h7-8,10-12H,3-6H2,1-2H3. The van der Waals surface area contributed by atoms with Gasteiger partial charge in [0.2, 0.25) is 0 Å². The zero-order valence-corrected chi connectivity index (χ0v) is 9.44. The molecule has 2 rings (SSSR count). The van der Waals surface area contributed by atoms with Crippen molar-refractivity contribution in [1.29, 1.82) is 0 Å². The van der Waals surface area contributed by atoms with Gasteiger partial charge in [0.05, 0.1) is 12.3 Å². The van der Waals surface area contributed by atoms with Crippen LogP contribution in [0.4, 0.5) is 0 Å². The first kappa shape index (κ1) is 10.6. The lowest BCUT2D eigenvalue weighted by atomic mass is 10.00. The predicted molar refractivity (Wildman–Crippen MR) is 58.6 cm³/mol. The van der Waals surface area contributed by atoms with E-state index in [0.29, 0.717) is 6.04 Å². The summed E-state index contributed by atoms with van der Waals surface area (Å²) >= 11 is 0. The molecule has 1 saturated heterocycles. The van der Waals surface area contributed by atoms with Crippen LogP contribution >= 0.6 is 0 Å². The molecule has 1 aromatic heterocycles. The molecule has 0 bridgehead atoms. The molecular weight excluding hydrogens is 190 g/mol. The lowest BCUT2D eigenvalue weighted by Crippen LogP contribution is -2.35. The van der Waals surface area contributed by atoms with Crippen LogP contribution in [0.25, 0.3) is 0 Å². The van der Waals surface area contributed by atoms with Crippen molar-refractivity contribution in [1.82, 2.24) is 15.1 Å². The van der Waals surface area contributed by atoms with Crippen molar-refractivity contribution in [2.24, 2.45) is 7.05 Å². The Morgan fingerprint density at radius 1 is 1.67 bits per heavy atom. The van der Waals surface area contributed by atoms with Crippen LogP contribution in [0.5, 0.6) is 0 Å². The smallest absolute Gasteiger partial charge is 0.0870 e. The predicted octanol–water partition coefficient (Wildman–Crippen LogP) is 1.25. The number of aromatic nitrogens is 2.